The second kappa shape index (κ2) is 10.9. The molecule has 2 aromatic heterocycles. The van der Waals surface area contributed by atoms with Gasteiger partial charge in [0.05, 0.1) is 6.42 Å². The lowest BCUT2D eigenvalue weighted by Crippen LogP contribution is -2.27. The maximum absolute atomic E-state index is 13.1. The summed E-state index contributed by atoms with van der Waals surface area (Å²) in [6.07, 6.45) is -6.99. The van der Waals surface area contributed by atoms with Gasteiger partial charge in [0, 0.05) is 17.1 Å². The molecule has 0 aliphatic carbocycles. The highest BCUT2D eigenvalue weighted by Gasteiger charge is 2.29. The van der Waals surface area contributed by atoms with Crippen molar-refractivity contribution < 1.29 is 31.8 Å². The van der Waals surface area contributed by atoms with Crippen LogP contribution in [-0.2, 0) is 13.1 Å². The van der Waals surface area contributed by atoms with Gasteiger partial charge in [0.25, 0.3) is 0 Å². The first kappa shape index (κ1) is 27.3. The molecule has 0 saturated carbocycles. The van der Waals surface area contributed by atoms with Gasteiger partial charge in [-0.15, -0.1) is 10.2 Å². The Bertz CT molecular complexity index is 1460. The standard InChI is InChI=1S/C23H20ClF5N6O3/c1-13(36)19-30-18(31-35(19)16-4-2-3-5-17(16)38-21(25)26)12-34-22(37)33(11-10-23(27,28)29)20(32-34)14-6-8-15(24)9-7-14/h2-9,13,21,36H,10-12H2,1H3. The fourth-order valence-electron chi connectivity index (χ4n) is 3.64. The van der Waals surface area contributed by atoms with E-state index in [1.807, 2.05) is 0 Å². The Labute approximate surface area is 216 Å². The number of aliphatic hydroxyl groups is 1. The highest BCUT2D eigenvalue weighted by atomic mass is 35.5. The van der Waals surface area contributed by atoms with Crippen LogP contribution in [0.25, 0.3) is 17.1 Å². The number of halogens is 6. The molecule has 0 bridgehead atoms. The van der Waals surface area contributed by atoms with Crippen LogP contribution in [0.1, 0.15) is 31.1 Å². The smallest absolute Gasteiger partial charge is 0.390 e. The molecule has 15 heteroatoms. The predicted octanol–water partition coefficient (Wildman–Crippen LogP) is 4.60. The van der Waals surface area contributed by atoms with Crippen molar-refractivity contribution in [3.8, 4) is 22.8 Å². The van der Waals surface area contributed by atoms with Crippen LogP contribution in [-0.4, -0.2) is 47.0 Å². The molecule has 202 valence electrons. The van der Waals surface area contributed by atoms with Gasteiger partial charge in [0.2, 0.25) is 0 Å². The maximum atomic E-state index is 13.1. The predicted molar refractivity (Wildman–Crippen MR) is 125 cm³/mol. The largest absolute Gasteiger partial charge is 0.433 e. The van der Waals surface area contributed by atoms with Crippen molar-refractivity contribution in [2.24, 2.45) is 0 Å². The summed E-state index contributed by atoms with van der Waals surface area (Å²) in [4.78, 5) is 17.3. The molecule has 0 amide bonds. The third-order valence-corrected chi connectivity index (χ3v) is 5.55. The number of aliphatic hydroxyl groups excluding tert-OH is 1. The first-order chi connectivity index (χ1) is 17.9. The number of benzene rings is 2. The van der Waals surface area contributed by atoms with E-state index in [-0.39, 0.29) is 35.5 Å². The monoisotopic (exact) mass is 558 g/mol. The third kappa shape index (κ3) is 6.19. The second-order valence-corrected chi connectivity index (χ2v) is 8.54. The molecule has 2 heterocycles. The summed E-state index contributed by atoms with van der Waals surface area (Å²) in [5.74, 6) is -0.369. The van der Waals surface area contributed by atoms with Gasteiger partial charge in [0.1, 0.15) is 18.3 Å². The molecule has 0 spiro atoms. The molecular formula is C23H20ClF5N6O3. The summed E-state index contributed by atoms with van der Waals surface area (Å²) in [6, 6.07) is 11.7. The number of ether oxygens (including phenoxy) is 1. The van der Waals surface area contributed by atoms with Crippen molar-refractivity contribution in [1.29, 1.82) is 0 Å². The van der Waals surface area contributed by atoms with Gasteiger partial charge in [-0.1, -0.05) is 23.7 Å². The van der Waals surface area contributed by atoms with Crippen LogP contribution in [0.2, 0.25) is 5.02 Å². The van der Waals surface area contributed by atoms with Crippen molar-refractivity contribution in [2.45, 2.75) is 45.3 Å². The molecule has 0 aliphatic rings. The zero-order chi connectivity index (χ0) is 27.6. The van der Waals surface area contributed by atoms with E-state index in [4.69, 9.17) is 11.6 Å². The Balaban J connectivity index is 1.75. The van der Waals surface area contributed by atoms with E-state index in [9.17, 15) is 31.9 Å². The second-order valence-electron chi connectivity index (χ2n) is 8.11. The number of aromatic nitrogens is 6. The summed E-state index contributed by atoms with van der Waals surface area (Å²) >= 11 is 5.90. The molecule has 38 heavy (non-hydrogen) atoms. The molecule has 0 aliphatic heterocycles. The summed E-state index contributed by atoms with van der Waals surface area (Å²) in [6.45, 7) is -2.82. The molecule has 0 fully saturated rings. The van der Waals surface area contributed by atoms with Gasteiger partial charge in [0.15, 0.2) is 23.2 Å². The van der Waals surface area contributed by atoms with Crippen LogP contribution in [0, 0.1) is 0 Å². The van der Waals surface area contributed by atoms with Gasteiger partial charge >= 0.3 is 18.5 Å². The van der Waals surface area contributed by atoms with E-state index in [1.54, 1.807) is 0 Å². The van der Waals surface area contributed by atoms with Gasteiger partial charge in [-0.3, -0.25) is 4.57 Å². The summed E-state index contributed by atoms with van der Waals surface area (Å²) < 4.78 is 72.0. The highest BCUT2D eigenvalue weighted by molar-refractivity contribution is 6.30. The highest BCUT2D eigenvalue weighted by Crippen LogP contribution is 2.27. The lowest BCUT2D eigenvalue weighted by molar-refractivity contribution is -0.136. The minimum atomic E-state index is -4.51. The first-order valence-corrected chi connectivity index (χ1v) is 11.5. The van der Waals surface area contributed by atoms with Crippen molar-refractivity contribution in [2.75, 3.05) is 0 Å². The molecule has 4 aromatic rings. The summed E-state index contributed by atoms with van der Waals surface area (Å²) in [5, 5.41) is 19.0. The number of hydrogen-bond acceptors (Lipinski definition) is 6. The van der Waals surface area contributed by atoms with Crippen molar-refractivity contribution >= 4 is 11.6 Å². The van der Waals surface area contributed by atoms with E-state index in [0.717, 1.165) is 13.9 Å². The molecule has 2 aromatic carbocycles. The van der Waals surface area contributed by atoms with Crippen LogP contribution in [0.4, 0.5) is 22.0 Å². The molecule has 1 unspecified atom stereocenters. The Hall–Kier alpha value is -3.78. The van der Waals surface area contributed by atoms with Crippen molar-refractivity contribution in [3.05, 3.63) is 75.7 Å². The first-order valence-electron chi connectivity index (χ1n) is 11.1. The number of para-hydroxylation sites is 2. The zero-order valence-electron chi connectivity index (χ0n) is 19.6. The topological polar surface area (TPSA) is 100.0 Å². The number of rotatable bonds is 9. The number of nitrogens with zero attached hydrogens (tertiary/aromatic N) is 6. The van der Waals surface area contributed by atoms with Crippen molar-refractivity contribution in [3.63, 3.8) is 0 Å². The fourth-order valence-corrected chi connectivity index (χ4v) is 3.77. The van der Waals surface area contributed by atoms with Crippen LogP contribution < -0.4 is 10.4 Å². The van der Waals surface area contributed by atoms with Gasteiger partial charge in [-0.2, -0.15) is 22.0 Å². The van der Waals surface area contributed by atoms with E-state index < -0.39 is 37.5 Å². The van der Waals surface area contributed by atoms with E-state index in [1.165, 1.54) is 55.5 Å². The Morgan fingerprint density at radius 3 is 2.39 bits per heavy atom. The van der Waals surface area contributed by atoms with Crippen molar-refractivity contribution in [1.82, 2.24) is 29.1 Å². The Morgan fingerprint density at radius 2 is 1.76 bits per heavy atom. The van der Waals surface area contributed by atoms with Gasteiger partial charge in [-0.05, 0) is 43.3 Å². The molecular weight excluding hydrogens is 539 g/mol. The molecule has 4 rings (SSSR count). The van der Waals surface area contributed by atoms with Gasteiger partial charge in [-0.25, -0.2) is 19.1 Å². The van der Waals surface area contributed by atoms with E-state index in [2.05, 4.69) is 19.9 Å². The Kier molecular flexibility index (Phi) is 7.83. The number of hydrogen-bond donors (Lipinski definition) is 1. The third-order valence-electron chi connectivity index (χ3n) is 5.29. The summed E-state index contributed by atoms with van der Waals surface area (Å²) in [5.41, 5.74) is -0.448. The van der Waals surface area contributed by atoms with Crippen LogP contribution >= 0.6 is 11.6 Å². The molecule has 0 saturated heterocycles. The normalized spacial score (nSPS) is 12.8. The van der Waals surface area contributed by atoms with Crippen LogP contribution in [0.15, 0.2) is 53.3 Å². The SMILES string of the molecule is CC(O)c1nc(Cn2nc(-c3ccc(Cl)cc3)n(CCC(F)(F)F)c2=O)nn1-c1ccccc1OC(F)F. The van der Waals surface area contributed by atoms with Gasteiger partial charge < -0.3 is 9.84 Å². The minimum Gasteiger partial charge on any atom is -0.433 e. The zero-order valence-corrected chi connectivity index (χ0v) is 20.4. The quantitative estimate of drug-likeness (QED) is 0.301. The average Bonchev–Trinajstić information content (AvgIpc) is 3.39. The lowest BCUT2D eigenvalue weighted by atomic mass is 10.2. The van der Waals surface area contributed by atoms with E-state index >= 15 is 0 Å². The lowest BCUT2D eigenvalue weighted by Gasteiger charge is -2.12. The maximum Gasteiger partial charge on any atom is 0.390 e. The van der Waals surface area contributed by atoms with Crippen LogP contribution in [0.5, 0.6) is 5.75 Å². The number of alkyl halides is 5. The molecule has 9 nitrogen and oxygen atoms in total. The Morgan fingerprint density at radius 1 is 1.08 bits per heavy atom. The minimum absolute atomic E-state index is 0.0261. The fraction of sp³-hybridized carbons (Fsp3) is 0.304. The molecule has 0 radical (unpaired) electrons. The molecule has 1 N–H and O–H groups in total. The van der Waals surface area contributed by atoms with Crippen LogP contribution in [0.3, 0.4) is 0 Å². The van der Waals surface area contributed by atoms with E-state index in [0.29, 0.717) is 10.6 Å². The molecule has 1 atom stereocenters. The summed E-state index contributed by atoms with van der Waals surface area (Å²) in [7, 11) is 0. The average molecular weight is 559 g/mol.